The van der Waals surface area contributed by atoms with E-state index in [9.17, 15) is 4.79 Å². The van der Waals surface area contributed by atoms with Gasteiger partial charge in [-0.25, -0.2) is 4.98 Å². The Balaban J connectivity index is 2.36. The number of anilines is 2. The molecule has 0 bridgehead atoms. The lowest BCUT2D eigenvalue weighted by molar-refractivity contribution is 0.0931. The molecule has 0 aliphatic heterocycles. The third-order valence-electron chi connectivity index (χ3n) is 1.95. The highest BCUT2D eigenvalue weighted by Crippen LogP contribution is 2.23. The zero-order valence-electron chi connectivity index (χ0n) is 10.6. The number of hydrogen-bond acceptors (Lipinski definition) is 6. The van der Waals surface area contributed by atoms with Crippen molar-refractivity contribution in [1.82, 2.24) is 10.3 Å². The van der Waals surface area contributed by atoms with Crippen LogP contribution in [0.3, 0.4) is 0 Å². The number of hydrogen-bond donors (Lipinski definition) is 3. The molecule has 0 atom stereocenters. The predicted molar refractivity (Wildman–Crippen MR) is 74.0 cm³/mol. The molecule has 18 heavy (non-hydrogen) atoms. The van der Waals surface area contributed by atoms with Gasteiger partial charge in [0.1, 0.15) is 10.7 Å². The highest BCUT2D eigenvalue weighted by atomic mass is 32.1. The Morgan fingerprint density at radius 2 is 2.33 bits per heavy atom. The number of nitrogen functional groups attached to an aromatic ring is 1. The highest BCUT2D eigenvalue weighted by molar-refractivity contribution is 7.18. The molecule has 1 rings (SSSR count). The first-order valence-corrected chi connectivity index (χ1v) is 6.30. The van der Waals surface area contributed by atoms with E-state index in [4.69, 9.17) is 10.5 Å². The normalized spacial score (nSPS) is 10.1. The van der Waals surface area contributed by atoms with Crippen LogP contribution in [0, 0.1) is 0 Å². The molecule has 0 aliphatic carbocycles. The Labute approximate surface area is 110 Å². The summed E-state index contributed by atoms with van der Waals surface area (Å²) < 4.78 is 5.27. The van der Waals surface area contributed by atoms with Gasteiger partial charge in [-0.15, -0.1) is 0 Å². The average molecular weight is 270 g/mol. The third-order valence-corrected chi connectivity index (χ3v) is 3.04. The number of ether oxygens (including phenoxy) is 1. The van der Waals surface area contributed by atoms with Crippen molar-refractivity contribution in [2.24, 2.45) is 0 Å². The van der Waals surface area contributed by atoms with Crippen molar-refractivity contribution in [3.63, 3.8) is 0 Å². The van der Waals surface area contributed by atoms with Gasteiger partial charge in [-0.2, -0.15) is 0 Å². The van der Waals surface area contributed by atoms with Crippen molar-refractivity contribution in [2.45, 2.75) is 6.92 Å². The van der Waals surface area contributed by atoms with E-state index in [1.54, 1.807) is 7.05 Å². The SMILES string of the molecule is C=C(C)COCCNC(=O)c1sc(NC)nc1N. The monoisotopic (exact) mass is 270 g/mol. The Hall–Kier alpha value is -1.60. The number of carbonyl (C=O) groups is 1. The van der Waals surface area contributed by atoms with Crippen LogP contribution >= 0.6 is 11.3 Å². The molecule has 6 nitrogen and oxygen atoms in total. The van der Waals surface area contributed by atoms with Gasteiger partial charge in [0.05, 0.1) is 13.2 Å². The molecule has 1 aromatic heterocycles. The molecule has 100 valence electrons. The molecule has 0 spiro atoms. The fraction of sp³-hybridized carbons (Fsp3) is 0.455. The molecule has 1 aromatic rings. The zero-order valence-corrected chi connectivity index (χ0v) is 11.4. The number of nitrogens with zero attached hydrogens (tertiary/aromatic N) is 1. The molecule has 0 unspecified atom stereocenters. The van der Waals surface area contributed by atoms with E-state index >= 15 is 0 Å². The van der Waals surface area contributed by atoms with Gasteiger partial charge < -0.3 is 21.1 Å². The Bertz CT molecular complexity index is 431. The number of aromatic nitrogens is 1. The molecular weight excluding hydrogens is 252 g/mol. The van der Waals surface area contributed by atoms with Crippen LogP contribution in [0.25, 0.3) is 0 Å². The molecule has 1 heterocycles. The molecule has 4 N–H and O–H groups in total. The van der Waals surface area contributed by atoms with Gasteiger partial charge in [0.25, 0.3) is 5.91 Å². The summed E-state index contributed by atoms with van der Waals surface area (Å²) in [5, 5.41) is 6.19. The molecule has 0 saturated carbocycles. The van der Waals surface area contributed by atoms with Crippen molar-refractivity contribution in [3.05, 3.63) is 17.0 Å². The Kier molecular flexibility index (Phi) is 5.60. The number of nitrogens with one attached hydrogen (secondary N) is 2. The van der Waals surface area contributed by atoms with E-state index in [0.29, 0.717) is 29.8 Å². The molecule has 0 fully saturated rings. The summed E-state index contributed by atoms with van der Waals surface area (Å²) in [7, 11) is 1.73. The summed E-state index contributed by atoms with van der Waals surface area (Å²) in [5.41, 5.74) is 6.59. The van der Waals surface area contributed by atoms with Gasteiger partial charge in [0.2, 0.25) is 0 Å². The molecule has 0 radical (unpaired) electrons. The van der Waals surface area contributed by atoms with Crippen LogP contribution in [0.4, 0.5) is 10.9 Å². The standard InChI is InChI=1S/C11H18N4O2S/c1-7(2)6-17-5-4-14-10(16)8-9(12)15-11(13-3)18-8/h1,4-6,12H2,2-3H3,(H,13,15)(H,14,16). The summed E-state index contributed by atoms with van der Waals surface area (Å²) in [6, 6.07) is 0. The molecule has 1 amide bonds. The van der Waals surface area contributed by atoms with Crippen molar-refractivity contribution < 1.29 is 9.53 Å². The maximum absolute atomic E-state index is 11.8. The van der Waals surface area contributed by atoms with E-state index < -0.39 is 0 Å². The van der Waals surface area contributed by atoms with Gasteiger partial charge in [-0.1, -0.05) is 23.5 Å². The first-order chi connectivity index (χ1) is 8.54. The van der Waals surface area contributed by atoms with Crippen molar-refractivity contribution >= 4 is 28.2 Å². The van der Waals surface area contributed by atoms with E-state index in [2.05, 4.69) is 22.2 Å². The summed E-state index contributed by atoms with van der Waals surface area (Å²) in [5.74, 6) is 0.00938. The second-order valence-corrected chi connectivity index (χ2v) is 4.75. The lowest BCUT2D eigenvalue weighted by Gasteiger charge is -2.05. The Morgan fingerprint density at radius 3 is 2.89 bits per heavy atom. The maximum atomic E-state index is 11.8. The van der Waals surface area contributed by atoms with E-state index in [0.717, 1.165) is 5.57 Å². The second-order valence-electron chi connectivity index (χ2n) is 3.75. The zero-order chi connectivity index (χ0) is 13.5. The van der Waals surface area contributed by atoms with Crippen molar-refractivity contribution in [1.29, 1.82) is 0 Å². The fourth-order valence-corrected chi connectivity index (χ4v) is 1.92. The number of carbonyl (C=O) groups excluding carboxylic acids is 1. The van der Waals surface area contributed by atoms with Gasteiger partial charge in [0.15, 0.2) is 5.13 Å². The lowest BCUT2D eigenvalue weighted by atomic mass is 10.4. The number of rotatable bonds is 7. The van der Waals surface area contributed by atoms with Gasteiger partial charge in [-0.05, 0) is 6.92 Å². The molecule has 0 aliphatic rings. The second kappa shape index (κ2) is 6.97. The van der Waals surface area contributed by atoms with Crippen LogP contribution in [0.15, 0.2) is 12.2 Å². The minimum absolute atomic E-state index is 0.231. The van der Waals surface area contributed by atoms with E-state index in [1.165, 1.54) is 11.3 Å². The number of thiazole rings is 1. The largest absolute Gasteiger partial charge is 0.382 e. The van der Waals surface area contributed by atoms with E-state index in [-0.39, 0.29) is 11.7 Å². The molecular formula is C11H18N4O2S. The number of nitrogens with two attached hydrogens (primary N) is 1. The Morgan fingerprint density at radius 1 is 1.61 bits per heavy atom. The van der Waals surface area contributed by atoms with Crippen LogP contribution in [-0.4, -0.2) is 37.7 Å². The van der Waals surface area contributed by atoms with Gasteiger partial charge >= 0.3 is 0 Å². The van der Waals surface area contributed by atoms with Crippen LogP contribution in [-0.2, 0) is 4.74 Å². The van der Waals surface area contributed by atoms with Crippen molar-refractivity contribution in [3.8, 4) is 0 Å². The highest BCUT2D eigenvalue weighted by Gasteiger charge is 2.14. The van der Waals surface area contributed by atoms with Gasteiger partial charge in [-0.3, -0.25) is 4.79 Å². The third kappa shape index (κ3) is 4.34. The van der Waals surface area contributed by atoms with Crippen LogP contribution in [0.2, 0.25) is 0 Å². The average Bonchev–Trinajstić information content (AvgIpc) is 2.69. The summed E-state index contributed by atoms with van der Waals surface area (Å²) in [4.78, 5) is 16.2. The summed E-state index contributed by atoms with van der Waals surface area (Å²) in [6.07, 6.45) is 0. The minimum Gasteiger partial charge on any atom is -0.382 e. The predicted octanol–water partition coefficient (Wildman–Crippen LogP) is 1.09. The molecule has 0 saturated heterocycles. The van der Waals surface area contributed by atoms with Crippen LogP contribution < -0.4 is 16.4 Å². The van der Waals surface area contributed by atoms with Crippen molar-refractivity contribution in [2.75, 3.05) is 37.9 Å². The van der Waals surface area contributed by atoms with Crippen LogP contribution in [0.1, 0.15) is 16.6 Å². The topological polar surface area (TPSA) is 89.3 Å². The smallest absolute Gasteiger partial charge is 0.265 e. The first kappa shape index (κ1) is 14.5. The van der Waals surface area contributed by atoms with E-state index in [1.807, 2.05) is 6.92 Å². The number of amides is 1. The summed E-state index contributed by atoms with van der Waals surface area (Å²) in [6.45, 7) is 6.97. The first-order valence-electron chi connectivity index (χ1n) is 5.49. The molecule has 0 aromatic carbocycles. The van der Waals surface area contributed by atoms with Crippen LogP contribution in [0.5, 0.6) is 0 Å². The molecule has 7 heteroatoms. The summed E-state index contributed by atoms with van der Waals surface area (Å²) >= 11 is 1.22. The quantitative estimate of drug-likeness (QED) is 0.510. The fourth-order valence-electron chi connectivity index (χ4n) is 1.16. The maximum Gasteiger partial charge on any atom is 0.265 e. The van der Waals surface area contributed by atoms with Gasteiger partial charge in [0, 0.05) is 13.6 Å². The lowest BCUT2D eigenvalue weighted by Crippen LogP contribution is -2.27. The minimum atomic E-state index is -0.231.